The summed E-state index contributed by atoms with van der Waals surface area (Å²) in [7, 11) is 2.17. The highest BCUT2D eigenvalue weighted by molar-refractivity contribution is 5.69. The topological polar surface area (TPSA) is 53.4 Å². The molecule has 24 heavy (non-hydrogen) atoms. The van der Waals surface area contributed by atoms with Crippen LogP contribution in [0.2, 0.25) is 0 Å². The number of likely N-dealkylation sites (tertiary alicyclic amines) is 1. The Morgan fingerprint density at radius 3 is 2.67 bits per heavy atom. The number of aliphatic carboxylic acids is 1. The smallest absolute Gasteiger partial charge is 0.306 e. The minimum Gasteiger partial charge on any atom is -0.481 e. The van der Waals surface area contributed by atoms with Crippen molar-refractivity contribution < 1.29 is 9.90 Å². The maximum Gasteiger partial charge on any atom is 0.306 e. The van der Waals surface area contributed by atoms with Crippen molar-refractivity contribution in [1.29, 1.82) is 0 Å². The van der Waals surface area contributed by atoms with Crippen molar-refractivity contribution in [2.45, 2.75) is 51.0 Å². The van der Waals surface area contributed by atoms with Gasteiger partial charge in [-0.15, -0.1) is 0 Å². The van der Waals surface area contributed by atoms with Gasteiger partial charge < -0.3 is 5.11 Å². The second-order valence-corrected chi connectivity index (χ2v) is 7.18. The van der Waals surface area contributed by atoms with Gasteiger partial charge in [0.2, 0.25) is 0 Å². The van der Waals surface area contributed by atoms with Crippen LogP contribution in [0.15, 0.2) is 18.3 Å². The van der Waals surface area contributed by atoms with Crippen LogP contribution in [0.5, 0.6) is 0 Å². The number of rotatable bonds is 3. The first-order valence-corrected chi connectivity index (χ1v) is 9.01. The maximum absolute atomic E-state index is 11.0. The van der Waals surface area contributed by atoms with E-state index in [9.17, 15) is 4.79 Å². The molecule has 0 amide bonds. The molecule has 0 spiro atoms. The van der Waals surface area contributed by atoms with Crippen LogP contribution in [0, 0.1) is 23.7 Å². The first-order chi connectivity index (χ1) is 11.6. The SMILES string of the molecule is CN1CCCC1c1ccc(C#CC[C@H]2CC[C@H](C(=O)O)CC2)nc1. The highest BCUT2D eigenvalue weighted by atomic mass is 16.4. The van der Waals surface area contributed by atoms with Crippen LogP contribution in [0.3, 0.4) is 0 Å². The Morgan fingerprint density at radius 1 is 1.29 bits per heavy atom. The lowest BCUT2D eigenvalue weighted by Gasteiger charge is -2.24. The van der Waals surface area contributed by atoms with E-state index in [1.807, 2.05) is 12.3 Å². The van der Waals surface area contributed by atoms with Crippen LogP contribution in [0.1, 0.15) is 62.2 Å². The Morgan fingerprint density at radius 2 is 2.08 bits per heavy atom. The molecule has 128 valence electrons. The summed E-state index contributed by atoms with van der Waals surface area (Å²) in [6, 6.07) is 4.68. The molecule has 1 unspecified atom stereocenters. The summed E-state index contributed by atoms with van der Waals surface area (Å²) in [5.41, 5.74) is 2.12. The molecule has 0 bridgehead atoms. The number of carbonyl (C=O) groups is 1. The zero-order valence-electron chi connectivity index (χ0n) is 14.4. The fourth-order valence-corrected chi connectivity index (χ4v) is 3.91. The molecule has 1 saturated heterocycles. The Balaban J connectivity index is 1.50. The van der Waals surface area contributed by atoms with Crippen molar-refractivity contribution in [2.24, 2.45) is 11.8 Å². The number of carboxylic acid groups (broad SMARTS) is 1. The first kappa shape index (κ1) is 17.0. The minimum absolute atomic E-state index is 0.142. The van der Waals surface area contributed by atoms with Crippen LogP contribution >= 0.6 is 0 Å². The summed E-state index contributed by atoms with van der Waals surface area (Å²) in [5.74, 6) is 6.16. The average molecular weight is 326 g/mol. The van der Waals surface area contributed by atoms with Gasteiger partial charge in [0.15, 0.2) is 0 Å². The molecule has 4 nitrogen and oxygen atoms in total. The molecule has 1 aliphatic heterocycles. The van der Waals surface area contributed by atoms with E-state index in [0.29, 0.717) is 12.0 Å². The fourth-order valence-electron chi connectivity index (χ4n) is 3.91. The molecular weight excluding hydrogens is 300 g/mol. The lowest BCUT2D eigenvalue weighted by atomic mass is 9.81. The largest absolute Gasteiger partial charge is 0.481 e. The van der Waals surface area contributed by atoms with E-state index in [1.54, 1.807) is 0 Å². The van der Waals surface area contributed by atoms with Gasteiger partial charge in [-0.1, -0.05) is 12.0 Å². The Hall–Kier alpha value is -1.86. The lowest BCUT2D eigenvalue weighted by Crippen LogP contribution is -2.21. The van der Waals surface area contributed by atoms with E-state index in [0.717, 1.165) is 44.3 Å². The quantitative estimate of drug-likeness (QED) is 0.864. The molecule has 0 aromatic carbocycles. The molecule has 1 N–H and O–H groups in total. The van der Waals surface area contributed by atoms with Crippen molar-refractivity contribution in [3.05, 3.63) is 29.6 Å². The summed E-state index contributed by atoms with van der Waals surface area (Å²) < 4.78 is 0. The summed E-state index contributed by atoms with van der Waals surface area (Å²) in [6.07, 6.45) is 8.83. The predicted molar refractivity (Wildman–Crippen MR) is 93.4 cm³/mol. The highest BCUT2D eigenvalue weighted by Crippen LogP contribution is 2.31. The Kier molecular flexibility index (Phi) is 5.52. The van der Waals surface area contributed by atoms with Crippen molar-refractivity contribution in [1.82, 2.24) is 9.88 Å². The van der Waals surface area contributed by atoms with Gasteiger partial charge in [-0.05, 0) is 75.6 Å². The van der Waals surface area contributed by atoms with E-state index in [-0.39, 0.29) is 5.92 Å². The van der Waals surface area contributed by atoms with E-state index >= 15 is 0 Å². The molecule has 2 heterocycles. The molecule has 1 aromatic rings. The van der Waals surface area contributed by atoms with Crippen molar-refractivity contribution in [2.75, 3.05) is 13.6 Å². The Labute approximate surface area is 144 Å². The van der Waals surface area contributed by atoms with Gasteiger partial charge in [-0.2, -0.15) is 0 Å². The lowest BCUT2D eigenvalue weighted by molar-refractivity contribution is -0.143. The average Bonchev–Trinajstić information content (AvgIpc) is 3.02. The van der Waals surface area contributed by atoms with E-state index in [4.69, 9.17) is 5.11 Å². The predicted octanol–water partition coefficient (Wildman–Crippen LogP) is 3.48. The molecule has 1 aliphatic carbocycles. The molecule has 2 fully saturated rings. The van der Waals surface area contributed by atoms with Gasteiger partial charge in [0, 0.05) is 18.7 Å². The summed E-state index contributed by atoms with van der Waals surface area (Å²) in [5, 5.41) is 9.03. The fraction of sp³-hybridized carbons (Fsp3) is 0.600. The van der Waals surface area contributed by atoms with Crippen LogP contribution in [0.4, 0.5) is 0 Å². The van der Waals surface area contributed by atoms with Crippen LogP contribution < -0.4 is 0 Å². The van der Waals surface area contributed by atoms with Crippen molar-refractivity contribution >= 4 is 5.97 Å². The maximum atomic E-state index is 11.0. The van der Waals surface area contributed by atoms with Gasteiger partial charge in [0.1, 0.15) is 5.69 Å². The summed E-state index contributed by atoms with van der Waals surface area (Å²) in [4.78, 5) is 17.8. The van der Waals surface area contributed by atoms with Gasteiger partial charge in [0.25, 0.3) is 0 Å². The van der Waals surface area contributed by atoms with E-state index in [2.05, 4.69) is 34.8 Å². The molecule has 4 heteroatoms. The van der Waals surface area contributed by atoms with Crippen LogP contribution in [-0.4, -0.2) is 34.6 Å². The van der Waals surface area contributed by atoms with Crippen molar-refractivity contribution in [3.8, 4) is 11.8 Å². The molecule has 3 rings (SSSR count). The molecule has 1 saturated carbocycles. The summed E-state index contributed by atoms with van der Waals surface area (Å²) >= 11 is 0. The molecular formula is C20H26N2O2. The van der Waals surface area contributed by atoms with E-state index < -0.39 is 5.97 Å². The molecule has 0 radical (unpaired) electrons. The van der Waals surface area contributed by atoms with Gasteiger partial charge >= 0.3 is 5.97 Å². The number of aromatic nitrogens is 1. The third kappa shape index (κ3) is 4.15. The van der Waals surface area contributed by atoms with Crippen molar-refractivity contribution in [3.63, 3.8) is 0 Å². The van der Waals surface area contributed by atoms with Crippen LogP contribution in [0.25, 0.3) is 0 Å². The zero-order valence-corrected chi connectivity index (χ0v) is 14.4. The Bertz CT molecular complexity index is 621. The molecule has 2 aliphatic rings. The second kappa shape index (κ2) is 7.81. The summed E-state index contributed by atoms with van der Waals surface area (Å²) in [6.45, 7) is 1.16. The number of nitrogens with zero attached hydrogens (tertiary/aromatic N) is 2. The number of pyridine rings is 1. The van der Waals surface area contributed by atoms with Gasteiger partial charge in [-0.3, -0.25) is 9.69 Å². The van der Waals surface area contributed by atoms with Crippen LogP contribution in [-0.2, 0) is 4.79 Å². The monoisotopic (exact) mass is 326 g/mol. The standard InChI is InChI=1S/C20H26N2O2/c1-22-13-3-6-19(22)17-11-12-18(21-14-17)5-2-4-15-7-9-16(10-8-15)20(23)24/h11-12,14-16,19H,3-4,6-10,13H2,1H3,(H,23,24)/t15-,16-,19?. The minimum atomic E-state index is -0.642. The third-order valence-electron chi connectivity index (χ3n) is 5.49. The normalized spacial score (nSPS) is 27.5. The van der Waals surface area contributed by atoms with Gasteiger partial charge in [0.05, 0.1) is 5.92 Å². The number of hydrogen-bond donors (Lipinski definition) is 1. The third-order valence-corrected chi connectivity index (χ3v) is 5.49. The molecule has 1 aromatic heterocycles. The molecule has 1 atom stereocenters. The number of hydrogen-bond acceptors (Lipinski definition) is 3. The number of carboxylic acids is 1. The zero-order chi connectivity index (χ0) is 16.9. The van der Waals surface area contributed by atoms with Gasteiger partial charge in [-0.25, -0.2) is 4.98 Å². The van der Waals surface area contributed by atoms with E-state index in [1.165, 1.54) is 18.4 Å². The highest BCUT2D eigenvalue weighted by Gasteiger charge is 2.25. The second-order valence-electron chi connectivity index (χ2n) is 7.18. The first-order valence-electron chi connectivity index (χ1n) is 9.01.